The molecular formula is C7H7ClNO2S-. The monoisotopic (exact) mass is 204 g/mol. The van der Waals surface area contributed by atoms with E-state index in [1.54, 1.807) is 24.3 Å². The first kappa shape index (κ1) is 9.51. The predicted octanol–water partition coefficient (Wildman–Crippen LogP) is 1.63. The van der Waals surface area contributed by atoms with Crippen LogP contribution in [0.4, 0.5) is 5.69 Å². The molecule has 0 saturated carbocycles. The first-order valence-electron chi connectivity index (χ1n) is 3.23. The Morgan fingerprint density at radius 1 is 1.42 bits per heavy atom. The number of alkyl halides is 1. The van der Waals surface area contributed by atoms with Crippen molar-refractivity contribution in [1.29, 1.82) is 0 Å². The van der Waals surface area contributed by atoms with Crippen LogP contribution in [0.15, 0.2) is 24.3 Å². The molecule has 0 radical (unpaired) electrons. The Labute approximate surface area is 78.2 Å². The third-order valence-electron chi connectivity index (χ3n) is 1.31. The minimum atomic E-state index is -2.26. The van der Waals surface area contributed by atoms with E-state index in [-0.39, 0.29) is 0 Å². The van der Waals surface area contributed by atoms with Gasteiger partial charge in [-0.25, -0.2) is 0 Å². The van der Waals surface area contributed by atoms with Crippen molar-refractivity contribution in [2.24, 2.45) is 0 Å². The molecule has 0 amide bonds. The van der Waals surface area contributed by atoms with Gasteiger partial charge in [0.1, 0.15) is 0 Å². The predicted molar refractivity (Wildman–Crippen MR) is 48.5 cm³/mol. The van der Waals surface area contributed by atoms with E-state index in [1.807, 2.05) is 0 Å². The molecular weight excluding hydrogens is 198 g/mol. The molecule has 5 heteroatoms. The lowest BCUT2D eigenvalue weighted by molar-refractivity contribution is 0.542. The molecule has 0 aliphatic heterocycles. The highest BCUT2D eigenvalue weighted by atomic mass is 35.5. The molecule has 1 aromatic carbocycles. The summed E-state index contributed by atoms with van der Waals surface area (Å²) in [6.45, 7) is 0. The first-order chi connectivity index (χ1) is 5.72. The smallest absolute Gasteiger partial charge is 0.0474 e. The molecule has 0 aliphatic rings. The van der Waals surface area contributed by atoms with Gasteiger partial charge in [-0.1, -0.05) is 12.1 Å². The van der Waals surface area contributed by atoms with Gasteiger partial charge in [0.2, 0.25) is 0 Å². The van der Waals surface area contributed by atoms with Gasteiger partial charge in [-0.05, 0) is 17.7 Å². The van der Waals surface area contributed by atoms with Gasteiger partial charge in [0, 0.05) is 22.8 Å². The van der Waals surface area contributed by atoms with Gasteiger partial charge in [0.05, 0.1) is 0 Å². The minimum absolute atomic E-state index is 0.431. The topological polar surface area (TPSA) is 52.2 Å². The average Bonchev–Trinajstić information content (AvgIpc) is 2.05. The summed E-state index contributed by atoms with van der Waals surface area (Å²) in [5.41, 5.74) is 1.50. The van der Waals surface area contributed by atoms with E-state index in [9.17, 15) is 8.76 Å². The van der Waals surface area contributed by atoms with Crippen LogP contribution in [0.3, 0.4) is 0 Å². The van der Waals surface area contributed by atoms with E-state index in [0.717, 1.165) is 5.56 Å². The van der Waals surface area contributed by atoms with Crippen LogP contribution in [0, 0.1) is 0 Å². The van der Waals surface area contributed by atoms with Gasteiger partial charge >= 0.3 is 0 Å². The third kappa shape index (κ3) is 2.81. The van der Waals surface area contributed by atoms with Crippen molar-refractivity contribution in [2.45, 2.75) is 5.88 Å². The number of nitrogens with one attached hydrogen (secondary N) is 1. The Kier molecular flexibility index (Phi) is 3.52. The van der Waals surface area contributed by atoms with Crippen LogP contribution >= 0.6 is 11.6 Å². The molecule has 1 aromatic rings. The van der Waals surface area contributed by atoms with E-state index in [2.05, 4.69) is 4.72 Å². The molecule has 66 valence electrons. The molecule has 1 rings (SSSR count). The number of benzene rings is 1. The maximum absolute atomic E-state index is 10.2. The second-order valence-corrected chi connectivity index (χ2v) is 3.11. The summed E-state index contributed by atoms with van der Waals surface area (Å²) in [6, 6.07) is 6.85. The van der Waals surface area contributed by atoms with Crippen LogP contribution in [0.25, 0.3) is 0 Å². The zero-order valence-corrected chi connectivity index (χ0v) is 7.69. The summed E-state index contributed by atoms with van der Waals surface area (Å²) in [4.78, 5) is 0. The summed E-state index contributed by atoms with van der Waals surface area (Å²) in [5.74, 6) is 0.431. The van der Waals surface area contributed by atoms with Crippen LogP contribution in [-0.4, -0.2) is 8.76 Å². The number of hydrogen-bond donors (Lipinski definition) is 1. The molecule has 1 unspecified atom stereocenters. The summed E-state index contributed by atoms with van der Waals surface area (Å²) in [6.07, 6.45) is 0. The highest BCUT2D eigenvalue weighted by Crippen LogP contribution is 2.10. The third-order valence-corrected chi connectivity index (χ3v) is 2.02. The highest BCUT2D eigenvalue weighted by molar-refractivity contribution is 7.80. The van der Waals surface area contributed by atoms with Crippen LogP contribution in [0.2, 0.25) is 0 Å². The second kappa shape index (κ2) is 4.45. The molecule has 1 atom stereocenters. The van der Waals surface area contributed by atoms with Gasteiger partial charge in [-0.3, -0.25) is 4.21 Å². The molecule has 3 nitrogen and oxygen atoms in total. The van der Waals surface area contributed by atoms with Crippen LogP contribution in [-0.2, 0) is 17.1 Å². The van der Waals surface area contributed by atoms with E-state index >= 15 is 0 Å². The van der Waals surface area contributed by atoms with Crippen molar-refractivity contribution in [3.63, 3.8) is 0 Å². The molecule has 0 aromatic heterocycles. The van der Waals surface area contributed by atoms with Crippen LogP contribution in [0.1, 0.15) is 5.56 Å². The van der Waals surface area contributed by atoms with E-state index in [4.69, 9.17) is 11.6 Å². The lowest BCUT2D eigenvalue weighted by atomic mass is 10.2. The van der Waals surface area contributed by atoms with Gasteiger partial charge in [-0.2, -0.15) is 0 Å². The molecule has 0 saturated heterocycles. The van der Waals surface area contributed by atoms with E-state index < -0.39 is 11.3 Å². The summed E-state index contributed by atoms with van der Waals surface area (Å²) in [7, 11) is 0. The van der Waals surface area contributed by atoms with E-state index in [0.29, 0.717) is 11.6 Å². The fourth-order valence-corrected chi connectivity index (χ4v) is 1.26. The lowest BCUT2D eigenvalue weighted by Gasteiger charge is -2.08. The Hall–Kier alpha value is -0.580. The number of halogens is 1. The Morgan fingerprint density at radius 2 is 2.00 bits per heavy atom. The Morgan fingerprint density at radius 3 is 2.42 bits per heavy atom. The number of anilines is 1. The van der Waals surface area contributed by atoms with Crippen molar-refractivity contribution in [3.05, 3.63) is 29.8 Å². The zero-order valence-electron chi connectivity index (χ0n) is 6.12. The fraction of sp³-hybridized carbons (Fsp3) is 0.143. The summed E-state index contributed by atoms with van der Waals surface area (Å²) in [5, 5.41) is 0. The number of hydrogen-bond acceptors (Lipinski definition) is 2. The summed E-state index contributed by atoms with van der Waals surface area (Å²) < 4.78 is 22.6. The van der Waals surface area contributed by atoms with Crippen LogP contribution in [0.5, 0.6) is 0 Å². The second-order valence-electron chi connectivity index (χ2n) is 2.17. The minimum Gasteiger partial charge on any atom is -0.755 e. The molecule has 0 heterocycles. The normalized spacial score (nSPS) is 12.5. The maximum atomic E-state index is 10.2. The largest absolute Gasteiger partial charge is 0.755 e. The molecule has 0 fully saturated rings. The Balaban J connectivity index is 2.71. The fourth-order valence-electron chi connectivity index (χ4n) is 0.758. The lowest BCUT2D eigenvalue weighted by Crippen LogP contribution is -2.01. The van der Waals surface area contributed by atoms with Gasteiger partial charge in [0.15, 0.2) is 0 Å². The van der Waals surface area contributed by atoms with Crippen molar-refractivity contribution in [1.82, 2.24) is 0 Å². The van der Waals surface area contributed by atoms with Crippen molar-refractivity contribution in [3.8, 4) is 0 Å². The molecule has 0 bridgehead atoms. The van der Waals surface area contributed by atoms with Gasteiger partial charge < -0.3 is 9.27 Å². The SMILES string of the molecule is O=S([O-])Nc1ccc(CCl)cc1. The van der Waals surface area contributed by atoms with Crippen molar-refractivity contribution < 1.29 is 8.76 Å². The van der Waals surface area contributed by atoms with Crippen LogP contribution < -0.4 is 4.72 Å². The zero-order chi connectivity index (χ0) is 8.97. The van der Waals surface area contributed by atoms with Gasteiger partial charge in [0.25, 0.3) is 0 Å². The summed E-state index contributed by atoms with van der Waals surface area (Å²) >= 11 is 3.28. The molecule has 1 N–H and O–H groups in total. The maximum Gasteiger partial charge on any atom is 0.0474 e. The first-order valence-corrected chi connectivity index (χ1v) is 4.84. The number of rotatable bonds is 3. The Bertz CT molecular complexity index is 275. The van der Waals surface area contributed by atoms with Crippen molar-refractivity contribution >= 4 is 28.6 Å². The highest BCUT2D eigenvalue weighted by Gasteiger charge is 1.91. The van der Waals surface area contributed by atoms with Crippen molar-refractivity contribution in [2.75, 3.05) is 4.72 Å². The van der Waals surface area contributed by atoms with E-state index in [1.165, 1.54) is 0 Å². The average molecular weight is 205 g/mol. The molecule has 0 spiro atoms. The quantitative estimate of drug-likeness (QED) is 0.601. The molecule has 0 aliphatic carbocycles. The van der Waals surface area contributed by atoms with Gasteiger partial charge in [-0.15, -0.1) is 11.6 Å². The molecule has 12 heavy (non-hydrogen) atoms. The standard InChI is InChI=1S/C7H8ClNO2S/c8-5-6-1-3-7(4-2-6)9-12(10)11/h1-4,9H,5H2,(H,10,11)/p-1.